The number of primary amides is 1. The van der Waals surface area contributed by atoms with E-state index in [0.29, 0.717) is 19.4 Å². The van der Waals surface area contributed by atoms with Crippen molar-refractivity contribution in [3.05, 3.63) is 0 Å². The van der Waals surface area contributed by atoms with Crippen molar-refractivity contribution in [3.8, 4) is 0 Å². The fourth-order valence-electron chi connectivity index (χ4n) is 2.86. The van der Waals surface area contributed by atoms with Gasteiger partial charge in [0.05, 0.1) is 12.7 Å². The maximum Gasteiger partial charge on any atom is 0.325 e. The number of hydrogen-bond donors (Lipinski definition) is 2. The molecule has 0 bridgehead atoms. The predicted molar refractivity (Wildman–Crippen MR) is 72.5 cm³/mol. The number of nitrogens with two attached hydrogens (primary N) is 1. The van der Waals surface area contributed by atoms with Crippen LogP contribution in [0.25, 0.3) is 0 Å². The number of amides is 4. The molecule has 2 aliphatic heterocycles. The van der Waals surface area contributed by atoms with Gasteiger partial charge >= 0.3 is 6.03 Å². The molecule has 0 radical (unpaired) electrons. The molecule has 3 N–H and O–H groups in total. The summed E-state index contributed by atoms with van der Waals surface area (Å²) in [6, 6.07) is -1.18. The third kappa shape index (κ3) is 2.92. The molecule has 0 unspecified atom stereocenters. The topological polar surface area (TPSA) is 95.7 Å². The molecule has 0 saturated carbocycles. The minimum absolute atomic E-state index is 0.151. The van der Waals surface area contributed by atoms with Crippen LogP contribution in [-0.4, -0.2) is 52.9 Å². The van der Waals surface area contributed by atoms with E-state index in [-0.39, 0.29) is 30.6 Å². The van der Waals surface area contributed by atoms with Gasteiger partial charge in [0, 0.05) is 6.54 Å². The third-order valence-electron chi connectivity index (χ3n) is 3.95. The monoisotopic (exact) mass is 282 g/mol. The highest BCUT2D eigenvalue weighted by Crippen LogP contribution is 2.19. The molecular formula is C13H22N4O3. The molecule has 112 valence electrons. The van der Waals surface area contributed by atoms with Gasteiger partial charge in [-0.05, 0) is 19.3 Å². The Morgan fingerprint density at radius 1 is 1.40 bits per heavy atom. The Labute approximate surface area is 118 Å². The number of carbonyl (C=O) groups is 3. The van der Waals surface area contributed by atoms with E-state index in [4.69, 9.17) is 5.73 Å². The van der Waals surface area contributed by atoms with Gasteiger partial charge in [0.1, 0.15) is 6.04 Å². The van der Waals surface area contributed by atoms with Crippen molar-refractivity contribution >= 4 is 17.8 Å². The zero-order valence-corrected chi connectivity index (χ0v) is 11.8. The molecule has 7 nitrogen and oxygen atoms in total. The van der Waals surface area contributed by atoms with Crippen LogP contribution in [-0.2, 0) is 9.59 Å². The molecular weight excluding hydrogens is 260 g/mol. The van der Waals surface area contributed by atoms with Gasteiger partial charge in [0.2, 0.25) is 5.91 Å². The average molecular weight is 282 g/mol. The number of imide groups is 1. The largest absolute Gasteiger partial charge is 0.368 e. The van der Waals surface area contributed by atoms with Gasteiger partial charge < -0.3 is 11.1 Å². The number of hydrogen-bond acceptors (Lipinski definition) is 4. The molecule has 7 heteroatoms. The summed E-state index contributed by atoms with van der Waals surface area (Å²) in [5.74, 6) is -0.590. The van der Waals surface area contributed by atoms with Gasteiger partial charge in [0.25, 0.3) is 5.91 Å². The Morgan fingerprint density at radius 2 is 2.15 bits per heavy atom. The van der Waals surface area contributed by atoms with Crippen molar-refractivity contribution in [2.24, 2.45) is 5.73 Å². The second-order valence-electron chi connectivity index (χ2n) is 5.42. The first-order valence-corrected chi connectivity index (χ1v) is 7.19. The summed E-state index contributed by atoms with van der Waals surface area (Å²) in [5.41, 5.74) is 5.39. The van der Waals surface area contributed by atoms with Crippen LogP contribution in [0.1, 0.15) is 39.0 Å². The normalized spacial score (nSPS) is 27.8. The maximum absolute atomic E-state index is 12.2. The molecule has 0 aromatic heterocycles. The lowest BCUT2D eigenvalue weighted by Gasteiger charge is -2.35. The van der Waals surface area contributed by atoms with E-state index < -0.39 is 6.04 Å². The second-order valence-corrected chi connectivity index (χ2v) is 5.42. The van der Waals surface area contributed by atoms with E-state index in [1.165, 1.54) is 4.90 Å². The van der Waals surface area contributed by atoms with Crippen molar-refractivity contribution in [1.82, 2.24) is 15.1 Å². The quantitative estimate of drug-likeness (QED) is 0.694. The minimum atomic E-state index is -0.427. The Kier molecular flexibility index (Phi) is 4.59. The molecule has 0 aliphatic carbocycles. The molecule has 0 aromatic carbocycles. The van der Waals surface area contributed by atoms with Crippen LogP contribution < -0.4 is 11.1 Å². The highest BCUT2D eigenvalue weighted by Gasteiger charge is 2.39. The van der Waals surface area contributed by atoms with Gasteiger partial charge in [-0.1, -0.05) is 19.8 Å². The smallest absolute Gasteiger partial charge is 0.325 e. The summed E-state index contributed by atoms with van der Waals surface area (Å²) in [4.78, 5) is 38.5. The predicted octanol–water partition coefficient (Wildman–Crippen LogP) is 0.00420. The molecule has 2 atom stereocenters. The zero-order valence-electron chi connectivity index (χ0n) is 11.8. The first kappa shape index (κ1) is 14.8. The lowest BCUT2D eigenvalue weighted by molar-refractivity contribution is -0.132. The summed E-state index contributed by atoms with van der Waals surface area (Å²) in [7, 11) is 0. The second kappa shape index (κ2) is 6.21. The van der Waals surface area contributed by atoms with E-state index >= 15 is 0 Å². The van der Waals surface area contributed by atoms with E-state index in [2.05, 4.69) is 5.32 Å². The number of carbonyl (C=O) groups excluding carboxylic acids is 3. The highest BCUT2D eigenvalue weighted by molar-refractivity contribution is 6.04. The van der Waals surface area contributed by atoms with Crippen LogP contribution >= 0.6 is 0 Å². The van der Waals surface area contributed by atoms with Crippen molar-refractivity contribution in [2.45, 2.75) is 51.1 Å². The standard InChI is InChI=1S/C13H22N4O3/c1-2-5-9-12(19)17(13(20)15-9)8-16-7-4-3-6-10(16)11(14)18/h9-10H,2-8H2,1H3,(H2,14,18)(H,15,20)/t9-,10+/m0/s1. The van der Waals surface area contributed by atoms with E-state index in [9.17, 15) is 14.4 Å². The van der Waals surface area contributed by atoms with Crippen molar-refractivity contribution in [1.29, 1.82) is 0 Å². The van der Waals surface area contributed by atoms with Gasteiger partial charge in [0.15, 0.2) is 0 Å². The molecule has 2 saturated heterocycles. The summed E-state index contributed by atoms with van der Waals surface area (Å²) < 4.78 is 0. The fourth-order valence-corrected chi connectivity index (χ4v) is 2.86. The Morgan fingerprint density at radius 3 is 2.80 bits per heavy atom. The molecule has 2 aliphatic rings. The lowest BCUT2D eigenvalue weighted by atomic mass is 10.0. The summed E-state index contributed by atoms with van der Waals surface area (Å²) in [6.45, 7) is 2.80. The number of urea groups is 1. The summed E-state index contributed by atoms with van der Waals surface area (Å²) in [5, 5.41) is 2.68. The van der Waals surface area contributed by atoms with Crippen molar-refractivity contribution in [3.63, 3.8) is 0 Å². The molecule has 2 fully saturated rings. The third-order valence-corrected chi connectivity index (χ3v) is 3.95. The number of nitrogens with one attached hydrogen (secondary N) is 1. The van der Waals surface area contributed by atoms with Gasteiger partial charge in [-0.2, -0.15) is 0 Å². The lowest BCUT2D eigenvalue weighted by Crippen LogP contribution is -2.53. The van der Waals surface area contributed by atoms with Gasteiger partial charge in [-0.25, -0.2) is 9.69 Å². The van der Waals surface area contributed by atoms with Crippen molar-refractivity contribution < 1.29 is 14.4 Å². The maximum atomic E-state index is 12.2. The van der Waals surface area contributed by atoms with Crippen LogP contribution in [0.5, 0.6) is 0 Å². The zero-order chi connectivity index (χ0) is 14.7. The number of likely N-dealkylation sites (tertiary alicyclic amines) is 1. The molecule has 4 amide bonds. The van der Waals surface area contributed by atoms with Crippen molar-refractivity contribution in [2.75, 3.05) is 13.2 Å². The Bertz CT molecular complexity index is 412. The van der Waals surface area contributed by atoms with Crippen LogP contribution in [0.15, 0.2) is 0 Å². The molecule has 20 heavy (non-hydrogen) atoms. The van der Waals surface area contributed by atoms with Gasteiger partial charge in [-0.15, -0.1) is 0 Å². The van der Waals surface area contributed by atoms with E-state index in [1.54, 1.807) is 0 Å². The first-order valence-electron chi connectivity index (χ1n) is 7.19. The Balaban J connectivity index is 2.02. The molecule has 2 rings (SSSR count). The van der Waals surface area contributed by atoms with Gasteiger partial charge in [-0.3, -0.25) is 14.5 Å². The molecule has 0 aromatic rings. The highest BCUT2D eigenvalue weighted by atomic mass is 16.2. The number of piperidine rings is 1. The van der Waals surface area contributed by atoms with Crippen LogP contribution in [0, 0.1) is 0 Å². The Hall–Kier alpha value is -1.63. The molecule has 2 heterocycles. The SMILES string of the molecule is CCC[C@@H]1NC(=O)N(CN2CCCC[C@@H]2C(N)=O)C1=O. The van der Waals surface area contributed by atoms with Crippen LogP contribution in [0.3, 0.4) is 0 Å². The van der Waals surface area contributed by atoms with E-state index in [1.807, 2.05) is 11.8 Å². The van der Waals surface area contributed by atoms with Crippen LogP contribution in [0.4, 0.5) is 4.79 Å². The minimum Gasteiger partial charge on any atom is -0.368 e. The van der Waals surface area contributed by atoms with Crippen LogP contribution in [0.2, 0.25) is 0 Å². The average Bonchev–Trinajstić information content (AvgIpc) is 2.67. The fraction of sp³-hybridized carbons (Fsp3) is 0.769. The first-order chi connectivity index (χ1) is 9.54. The summed E-state index contributed by atoms with van der Waals surface area (Å²) >= 11 is 0. The van der Waals surface area contributed by atoms with E-state index in [0.717, 1.165) is 19.3 Å². The number of rotatable bonds is 5. The summed E-state index contributed by atoms with van der Waals surface area (Å²) in [6.07, 6.45) is 4.06. The molecule has 0 spiro atoms. The number of nitrogens with zero attached hydrogens (tertiary/aromatic N) is 2.